The zero-order valence-electron chi connectivity index (χ0n) is 18.2. The number of likely N-dealkylation sites (tertiary alicyclic amines) is 1. The molecule has 30 heavy (non-hydrogen) atoms. The molecule has 6 heteroatoms. The van der Waals surface area contributed by atoms with Crippen LogP contribution in [0.3, 0.4) is 0 Å². The highest BCUT2D eigenvalue weighted by molar-refractivity contribution is 5.84. The largest absolute Gasteiger partial charge is 0.495 e. The zero-order valence-corrected chi connectivity index (χ0v) is 18.2. The summed E-state index contributed by atoms with van der Waals surface area (Å²) in [6.07, 6.45) is 8.04. The van der Waals surface area contributed by atoms with E-state index in [1.54, 1.807) is 7.11 Å². The third kappa shape index (κ3) is 4.57. The summed E-state index contributed by atoms with van der Waals surface area (Å²) in [5.41, 5.74) is 1.08. The lowest BCUT2D eigenvalue weighted by Crippen LogP contribution is -2.50. The van der Waals surface area contributed by atoms with Gasteiger partial charge in [-0.05, 0) is 43.7 Å². The lowest BCUT2D eigenvalue weighted by atomic mass is 9.78. The van der Waals surface area contributed by atoms with E-state index in [-0.39, 0.29) is 11.8 Å². The van der Waals surface area contributed by atoms with E-state index in [9.17, 15) is 9.59 Å². The number of carbonyl (C=O) groups is 2. The van der Waals surface area contributed by atoms with Crippen molar-refractivity contribution in [2.24, 2.45) is 5.92 Å². The van der Waals surface area contributed by atoms with Crippen molar-refractivity contribution in [3.63, 3.8) is 0 Å². The fourth-order valence-electron chi connectivity index (χ4n) is 5.54. The number of piperazine rings is 1. The first kappa shape index (κ1) is 21.0. The average Bonchev–Trinajstić information content (AvgIpc) is 2.82. The molecule has 0 radical (unpaired) electrons. The van der Waals surface area contributed by atoms with Crippen molar-refractivity contribution in [1.29, 1.82) is 0 Å². The van der Waals surface area contributed by atoms with Gasteiger partial charge in [0.15, 0.2) is 0 Å². The monoisotopic (exact) mass is 413 g/mol. The van der Waals surface area contributed by atoms with Crippen LogP contribution >= 0.6 is 0 Å². The van der Waals surface area contributed by atoms with E-state index in [2.05, 4.69) is 15.9 Å². The van der Waals surface area contributed by atoms with Gasteiger partial charge in [0.25, 0.3) is 0 Å². The van der Waals surface area contributed by atoms with E-state index in [0.29, 0.717) is 37.9 Å². The topological polar surface area (TPSA) is 53.1 Å². The number of nitrogens with zero attached hydrogens (tertiary/aromatic N) is 3. The molecule has 0 aromatic heterocycles. The summed E-state index contributed by atoms with van der Waals surface area (Å²) in [4.78, 5) is 31.9. The van der Waals surface area contributed by atoms with Gasteiger partial charge in [-0.15, -0.1) is 0 Å². The predicted octanol–water partition coefficient (Wildman–Crippen LogP) is 3.31. The third-order valence-electron chi connectivity index (χ3n) is 7.17. The van der Waals surface area contributed by atoms with E-state index >= 15 is 0 Å². The SMILES string of the molecule is COc1ccccc1N1CCN(C(=O)CCC(=O)N2CCCC3CCCCC32)CC1. The van der Waals surface area contributed by atoms with E-state index in [1.165, 1.54) is 25.7 Å². The third-order valence-corrected chi connectivity index (χ3v) is 7.17. The van der Waals surface area contributed by atoms with Crippen LogP contribution in [0.1, 0.15) is 51.4 Å². The Kier molecular flexibility index (Phi) is 6.80. The lowest BCUT2D eigenvalue weighted by molar-refractivity contribution is -0.141. The fourth-order valence-corrected chi connectivity index (χ4v) is 5.54. The number of piperidine rings is 1. The summed E-state index contributed by atoms with van der Waals surface area (Å²) in [5.74, 6) is 1.86. The van der Waals surface area contributed by atoms with Gasteiger partial charge in [0, 0.05) is 51.6 Å². The first-order valence-corrected chi connectivity index (χ1v) is 11.6. The van der Waals surface area contributed by atoms with Gasteiger partial charge < -0.3 is 19.4 Å². The van der Waals surface area contributed by atoms with Gasteiger partial charge >= 0.3 is 0 Å². The van der Waals surface area contributed by atoms with Crippen LogP contribution in [-0.2, 0) is 9.59 Å². The molecule has 2 amide bonds. The number of rotatable bonds is 5. The standard InChI is InChI=1S/C24H35N3O3/c1-30-22-11-5-4-10-21(22)25-15-17-26(18-16-25)23(28)12-13-24(29)27-14-6-8-19-7-2-3-9-20(19)27/h4-5,10-11,19-20H,2-3,6-9,12-18H2,1H3. The molecule has 3 aliphatic rings. The van der Waals surface area contributed by atoms with Crippen LogP contribution < -0.4 is 9.64 Å². The fraction of sp³-hybridized carbons (Fsp3) is 0.667. The molecule has 2 aliphatic heterocycles. The van der Waals surface area contributed by atoms with Crippen molar-refractivity contribution >= 4 is 17.5 Å². The van der Waals surface area contributed by atoms with Gasteiger partial charge in [0.05, 0.1) is 12.8 Å². The number of methoxy groups -OCH3 is 1. The van der Waals surface area contributed by atoms with Crippen molar-refractivity contribution in [3.8, 4) is 5.75 Å². The van der Waals surface area contributed by atoms with Gasteiger partial charge in [-0.2, -0.15) is 0 Å². The van der Waals surface area contributed by atoms with Crippen LogP contribution in [0.2, 0.25) is 0 Å². The van der Waals surface area contributed by atoms with E-state index in [0.717, 1.165) is 43.9 Å². The Morgan fingerprint density at radius 3 is 2.40 bits per heavy atom. The quantitative estimate of drug-likeness (QED) is 0.743. The second kappa shape index (κ2) is 9.71. The Morgan fingerprint density at radius 2 is 1.60 bits per heavy atom. The van der Waals surface area contributed by atoms with Crippen molar-refractivity contribution < 1.29 is 14.3 Å². The number of ether oxygens (including phenoxy) is 1. The minimum atomic E-state index is 0.111. The highest BCUT2D eigenvalue weighted by Gasteiger charge is 2.35. The van der Waals surface area contributed by atoms with Crippen LogP contribution in [0.25, 0.3) is 0 Å². The molecular weight excluding hydrogens is 378 g/mol. The highest BCUT2D eigenvalue weighted by Crippen LogP contribution is 2.35. The van der Waals surface area contributed by atoms with Crippen molar-refractivity contribution in [3.05, 3.63) is 24.3 Å². The molecule has 3 fully saturated rings. The minimum Gasteiger partial charge on any atom is -0.495 e. The molecule has 2 saturated heterocycles. The molecule has 2 unspecified atom stereocenters. The number of amides is 2. The summed E-state index contributed by atoms with van der Waals surface area (Å²) in [5, 5.41) is 0. The average molecular weight is 414 g/mol. The number of anilines is 1. The zero-order chi connectivity index (χ0) is 20.9. The van der Waals surface area contributed by atoms with Crippen molar-refractivity contribution in [2.75, 3.05) is 44.7 Å². The Balaban J connectivity index is 1.25. The highest BCUT2D eigenvalue weighted by atomic mass is 16.5. The molecule has 1 aromatic carbocycles. The van der Waals surface area contributed by atoms with Gasteiger partial charge in [0.1, 0.15) is 5.75 Å². The van der Waals surface area contributed by atoms with E-state index < -0.39 is 0 Å². The predicted molar refractivity (Wildman–Crippen MR) is 118 cm³/mol. The van der Waals surface area contributed by atoms with Crippen LogP contribution in [0, 0.1) is 5.92 Å². The van der Waals surface area contributed by atoms with Crippen LogP contribution in [0.4, 0.5) is 5.69 Å². The molecule has 1 saturated carbocycles. The van der Waals surface area contributed by atoms with Crippen LogP contribution in [0.5, 0.6) is 5.75 Å². The summed E-state index contributed by atoms with van der Waals surface area (Å²) in [7, 11) is 1.69. The molecular formula is C24H35N3O3. The Hall–Kier alpha value is -2.24. The number of fused-ring (bicyclic) bond motifs is 1. The second-order valence-electron chi connectivity index (χ2n) is 8.88. The molecule has 164 valence electrons. The van der Waals surface area contributed by atoms with Gasteiger partial charge in [0.2, 0.25) is 11.8 Å². The molecule has 0 spiro atoms. The number of benzene rings is 1. The Morgan fingerprint density at radius 1 is 0.900 bits per heavy atom. The summed E-state index contributed by atoms with van der Waals surface area (Å²) in [6.45, 7) is 3.84. The summed E-state index contributed by atoms with van der Waals surface area (Å²) >= 11 is 0. The normalized spacial score (nSPS) is 24.4. The molecule has 6 nitrogen and oxygen atoms in total. The number of hydrogen-bond acceptors (Lipinski definition) is 4. The lowest BCUT2D eigenvalue weighted by Gasteiger charge is -2.44. The van der Waals surface area contributed by atoms with Gasteiger partial charge in [-0.3, -0.25) is 9.59 Å². The first-order valence-electron chi connectivity index (χ1n) is 11.6. The van der Waals surface area contributed by atoms with E-state index in [1.807, 2.05) is 23.1 Å². The molecule has 1 aromatic rings. The maximum absolute atomic E-state index is 12.9. The second-order valence-corrected chi connectivity index (χ2v) is 8.88. The molecule has 1 aliphatic carbocycles. The Labute approximate surface area is 180 Å². The number of hydrogen-bond donors (Lipinski definition) is 0. The Bertz CT molecular complexity index is 743. The van der Waals surface area contributed by atoms with Crippen molar-refractivity contribution in [2.45, 2.75) is 57.4 Å². The smallest absolute Gasteiger partial charge is 0.223 e. The van der Waals surface area contributed by atoms with Crippen molar-refractivity contribution in [1.82, 2.24) is 9.80 Å². The molecule has 0 bridgehead atoms. The van der Waals surface area contributed by atoms with Crippen LogP contribution in [0.15, 0.2) is 24.3 Å². The molecule has 4 rings (SSSR count). The maximum Gasteiger partial charge on any atom is 0.223 e. The molecule has 2 atom stereocenters. The van der Waals surface area contributed by atoms with Gasteiger partial charge in [-0.25, -0.2) is 0 Å². The first-order chi connectivity index (χ1) is 14.7. The molecule has 2 heterocycles. The summed E-state index contributed by atoms with van der Waals surface area (Å²) < 4.78 is 5.47. The van der Waals surface area contributed by atoms with Crippen LogP contribution in [-0.4, -0.2) is 67.5 Å². The minimum absolute atomic E-state index is 0.111. The summed E-state index contributed by atoms with van der Waals surface area (Å²) in [6, 6.07) is 8.44. The van der Waals surface area contributed by atoms with Gasteiger partial charge in [-0.1, -0.05) is 25.0 Å². The van der Waals surface area contributed by atoms with E-state index in [4.69, 9.17) is 4.74 Å². The number of carbonyl (C=O) groups excluding carboxylic acids is 2. The molecule has 0 N–H and O–H groups in total. The number of para-hydroxylation sites is 2. The maximum atomic E-state index is 12.9.